The molecule has 0 aliphatic carbocycles. The van der Waals surface area contributed by atoms with Gasteiger partial charge in [0.1, 0.15) is 6.04 Å². The number of hydrogen-bond acceptors (Lipinski definition) is 3. The number of nitrogens with one attached hydrogen (secondary N) is 1. The van der Waals surface area contributed by atoms with Crippen molar-refractivity contribution in [2.75, 3.05) is 0 Å². The molecule has 6 heteroatoms. The molecule has 0 saturated heterocycles. The molecule has 0 amide bonds. The fraction of sp³-hybridized carbons (Fsp3) is 0.417. The number of unbranched alkanes of at least 4 members (excludes halogenated alkanes) is 1. The Morgan fingerprint density at radius 1 is 1.33 bits per heavy atom. The highest BCUT2D eigenvalue weighted by Gasteiger charge is 2.24. The molecule has 0 radical (unpaired) electrons. The smallest absolute Gasteiger partial charge is 0.321 e. The van der Waals surface area contributed by atoms with E-state index in [0.717, 1.165) is 6.42 Å². The molecule has 0 aliphatic rings. The van der Waals surface area contributed by atoms with E-state index < -0.39 is 22.0 Å². The predicted octanol–water partition coefficient (Wildman–Crippen LogP) is 1.61. The maximum absolute atomic E-state index is 11.9. The van der Waals surface area contributed by atoms with Crippen molar-refractivity contribution in [1.82, 2.24) is 4.72 Å². The van der Waals surface area contributed by atoms with Crippen LogP contribution in [0.1, 0.15) is 26.2 Å². The number of carbonyl (C=O) groups is 1. The summed E-state index contributed by atoms with van der Waals surface area (Å²) >= 11 is 0. The Bertz CT molecular complexity index is 484. The lowest BCUT2D eigenvalue weighted by Crippen LogP contribution is -2.40. The molecule has 0 fully saturated rings. The summed E-state index contributed by atoms with van der Waals surface area (Å²) < 4.78 is 26.1. The highest BCUT2D eigenvalue weighted by molar-refractivity contribution is 7.89. The molecule has 0 saturated carbocycles. The lowest BCUT2D eigenvalue weighted by Gasteiger charge is -2.14. The Balaban J connectivity index is 2.83. The lowest BCUT2D eigenvalue weighted by atomic mass is 10.1. The van der Waals surface area contributed by atoms with Gasteiger partial charge in [0.25, 0.3) is 0 Å². The molecule has 100 valence electrons. The number of hydrogen-bond donors (Lipinski definition) is 2. The van der Waals surface area contributed by atoms with Crippen LogP contribution in [0.5, 0.6) is 0 Å². The van der Waals surface area contributed by atoms with Crippen LogP contribution in [0, 0.1) is 0 Å². The number of carboxylic acid groups (broad SMARTS) is 1. The molecule has 0 heterocycles. The fourth-order valence-electron chi connectivity index (χ4n) is 1.50. The molecule has 1 atom stereocenters. The Hall–Kier alpha value is -1.40. The maximum Gasteiger partial charge on any atom is 0.321 e. The van der Waals surface area contributed by atoms with Gasteiger partial charge < -0.3 is 5.11 Å². The van der Waals surface area contributed by atoms with Gasteiger partial charge in [0.15, 0.2) is 0 Å². The number of benzene rings is 1. The zero-order valence-electron chi connectivity index (χ0n) is 10.2. The second-order valence-corrected chi connectivity index (χ2v) is 5.68. The van der Waals surface area contributed by atoms with Crippen LogP contribution in [-0.4, -0.2) is 25.5 Å². The second-order valence-electron chi connectivity index (χ2n) is 3.97. The Kier molecular flexibility index (Phi) is 5.30. The predicted molar refractivity (Wildman–Crippen MR) is 67.7 cm³/mol. The Morgan fingerprint density at radius 3 is 2.44 bits per heavy atom. The largest absolute Gasteiger partial charge is 0.480 e. The Labute approximate surface area is 107 Å². The van der Waals surface area contributed by atoms with E-state index >= 15 is 0 Å². The summed E-state index contributed by atoms with van der Waals surface area (Å²) in [5, 5.41) is 8.98. The fourth-order valence-corrected chi connectivity index (χ4v) is 2.74. The lowest BCUT2D eigenvalue weighted by molar-refractivity contribution is -0.139. The summed E-state index contributed by atoms with van der Waals surface area (Å²) in [5.41, 5.74) is 0. The molecule has 1 aromatic rings. The monoisotopic (exact) mass is 271 g/mol. The van der Waals surface area contributed by atoms with Crippen molar-refractivity contribution < 1.29 is 18.3 Å². The van der Waals surface area contributed by atoms with Gasteiger partial charge in [-0.25, -0.2) is 8.42 Å². The van der Waals surface area contributed by atoms with Crippen LogP contribution < -0.4 is 4.72 Å². The van der Waals surface area contributed by atoms with Crippen molar-refractivity contribution in [3.8, 4) is 0 Å². The van der Waals surface area contributed by atoms with E-state index in [1.54, 1.807) is 18.2 Å². The summed E-state index contributed by atoms with van der Waals surface area (Å²) in [5.74, 6) is -1.15. The normalized spacial score (nSPS) is 13.2. The number of carboxylic acids is 1. The molecule has 1 aromatic carbocycles. The summed E-state index contributed by atoms with van der Waals surface area (Å²) in [6.45, 7) is 1.92. The highest BCUT2D eigenvalue weighted by Crippen LogP contribution is 2.10. The van der Waals surface area contributed by atoms with Crippen LogP contribution in [0.15, 0.2) is 35.2 Å². The standard InChI is InChI=1S/C12H17NO4S/c1-2-3-9-11(12(14)15)13-18(16,17)10-7-5-4-6-8-10/h4-8,11,13H,2-3,9H2,1H3,(H,14,15). The van der Waals surface area contributed by atoms with Crippen LogP contribution in [-0.2, 0) is 14.8 Å². The molecular weight excluding hydrogens is 254 g/mol. The zero-order valence-corrected chi connectivity index (χ0v) is 11.0. The molecule has 1 rings (SSSR count). The average molecular weight is 271 g/mol. The summed E-state index contributed by atoms with van der Waals surface area (Å²) in [4.78, 5) is 11.1. The zero-order chi connectivity index (χ0) is 13.6. The molecule has 1 unspecified atom stereocenters. The highest BCUT2D eigenvalue weighted by atomic mass is 32.2. The van der Waals surface area contributed by atoms with E-state index in [-0.39, 0.29) is 11.3 Å². The Morgan fingerprint density at radius 2 is 1.94 bits per heavy atom. The molecule has 0 aliphatic heterocycles. The van der Waals surface area contributed by atoms with E-state index in [1.807, 2.05) is 6.92 Å². The van der Waals surface area contributed by atoms with Gasteiger partial charge in [-0.1, -0.05) is 38.0 Å². The van der Waals surface area contributed by atoms with Gasteiger partial charge >= 0.3 is 5.97 Å². The first-order chi connectivity index (χ1) is 8.47. The molecule has 0 aromatic heterocycles. The van der Waals surface area contributed by atoms with E-state index in [9.17, 15) is 13.2 Å². The average Bonchev–Trinajstić information content (AvgIpc) is 2.35. The van der Waals surface area contributed by atoms with Crippen LogP contribution in [0.25, 0.3) is 0 Å². The second kappa shape index (κ2) is 6.51. The van der Waals surface area contributed by atoms with E-state index in [1.165, 1.54) is 12.1 Å². The molecule has 2 N–H and O–H groups in total. The summed E-state index contributed by atoms with van der Waals surface area (Å²) in [6, 6.07) is 6.68. The topological polar surface area (TPSA) is 83.5 Å². The van der Waals surface area contributed by atoms with Gasteiger partial charge in [0, 0.05) is 0 Å². The first-order valence-electron chi connectivity index (χ1n) is 5.77. The van der Waals surface area contributed by atoms with Gasteiger partial charge in [-0.15, -0.1) is 0 Å². The molecule has 0 bridgehead atoms. The first kappa shape index (κ1) is 14.7. The van der Waals surface area contributed by atoms with Gasteiger partial charge in [0.2, 0.25) is 10.0 Å². The van der Waals surface area contributed by atoms with Crippen molar-refractivity contribution in [1.29, 1.82) is 0 Å². The van der Waals surface area contributed by atoms with Crippen molar-refractivity contribution in [3.63, 3.8) is 0 Å². The minimum atomic E-state index is -3.77. The SMILES string of the molecule is CCCCC(NS(=O)(=O)c1ccccc1)C(=O)O. The van der Waals surface area contributed by atoms with Gasteiger partial charge in [0.05, 0.1) is 4.90 Å². The van der Waals surface area contributed by atoms with Gasteiger partial charge in [-0.3, -0.25) is 4.79 Å². The van der Waals surface area contributed by atoms with Crippen LogP contribution in [0.3, 0.4) is 0 Å². The van der Waals surface area contributed by atoms with E-state index in [4.69, 9.17) is 5.11 Å². The molecular formula is C12H17NO4S. The number of aliphatic carboxylic acids is 1. The molecule has 0 spiro atoms. The molecule has 5 nitrogen and oxygen atoms in total. The summed E-state index contributed by atoms with van der Waals surface area (Å²) in [6.07, 6.45) is 1.77. The van der Waals surface area contributed by atoms with Crippen molar-refractivity contribution in [2.45, 2.75) is 37.1 Å². The van der Waals surface area contributed by atoms with Crippen LogP contribution in [0.2, 0.25) is 0 Å². The van der Waals surface area contributed by atoms with Crippen molar-refractivity contribution >= 4 is 16.0 Å². The van der Waals surface area contributed by atoms with Crippen LogP contribution >= 0.6 is 0 Å². The minimum Gasteiger partial charge on any atom is -0.480 e. The quantitative estimate of drug-likeness (QED) is 0.789. The van der Waals surface area contributed by atoms with Crippen LogP contribution in [0.4, 0.5) is 0 Å². The first-order valence-corrected chi connectivity index (χ1v) is 7.26. The molecule has 18 heavy (non-hydrogen) atoms. The van der Waals surface area contributed by atoms with E-state index in [0.29, 0.717) is 6.42 Å². The number of sulfonamides is 1. The van der Waals surface area contributed by atoms with Crippen molar-refractivity contribution in [3.05, 3.63) is 30.3 Å². The third-order valence-corrected chi connectivity index (χ3v) is 3.98. The van der Waals surface area contributed by atoms with E-state index in [2.05, 4.69) is 4.72 Å². The number of rotatable bonds is 7. The van der Waals surface area contributed by atoms with Crippen molar-refractivity contribution in [2.24, 2.45) is 0 Å². The minimum absolute atomic E-state index is 0.0766. The third kappa shape index (κ3) is 4.12. The van der Waals surface area contributed by atoms with Gasteiger partial charge in [-0.05, 0) is 18.6 Å². The summed E-state index contributed by atoms with van der Waals surface area (Å²) in [7, 11) is -3.77. The maximum atomic E-state index is 11.9. The third-order valence-electron chi connectivity index (χ3n) is 2.50. The van der Waals surface area contributed by atoms with Gasteiger partial charge in [-0.2, -0.15) is 4.72 Å².